The molecule has 1 N–H and O–H groups in total. The van der Waals surface area contributed by atoms with E-state index in [2.05, 4.69) is 46.1 Å². The molecule has 0 bridgehead atoms. The monoisotopic (exact) mass is 553 g/mol. The molecule has 1 aliphatic heterocycles. The van der Waals surface area contributed by atoms with Gasteiger partial charge < -0.3 is 19.7 Å². The molecule has 0 amide bonds. The van der Waals surface area contributed by atoms with Gasteiger partial charge in [-0.05, 0) is 55.7 Å². The summed E-state index contributed by atoms with van der Waals surface area (Å²) >= 11 is 0. The highest BCUT2D eigenvalue weighted by molar-refractivity contribution is 14.0. The van der Waals surface area contributed by atoms with Crippen molar-refractivity contribution in [3.63, 3.8) is 0 Å². The molecule has 0 spiro atoms. The van der Waals surface area contributed by atoms with Crippen molar-refractivity contribution >= 4 is 29.9 Å². The predicted molar refractivity (Wildman–Crippen MR) is 140 cm³/mol. The third-order valence-corrected chi connectivity index (χ3v) is 5.67. The van der Waals surface area contributed by atoms with Crippen molar-refractivity contribution in [2.75, 3.05) is 53.5 Å². The lowest BCUT2D eigenvalue weighted by molar-refractivity contribution is 0.171. The van der Waals surface area contributed by atoms with Crippen LogP contribution in [0.3, 0.4) is 0 Å². The largest absolute Gasteiger partial charge is 0.497 e. The number of rotatable bonds is 8. The number of aryl methyl sites for hydroxylation is 1. The van der Waals surface area contributed by atoms with Gasteiger partial charge in [-0.2, -0.15) is 0 Å². The van der Waals surface area contributed by atoms with Gasteiger partial charge in [-0.25, -0.2) is 0 Å². The number of hydrogen-bond donors (Lipinski definition) is 1. The van der Waals surface area contributed by atoms with Crippen LogP contribution in [0.1, 0.15) is 23.6 Å². The molecule has 0 atom stereocenters. The average molecular weight is 553 g/mol. The zero-order valence-corrected chi connectivity index (χ0v) is 22.0. The van der Waals surface area contributed by atoms with E-state index in [1.807, 2.05) is 24.5 Å². The van der Waals surface area contributed by atoms with E-state index in [4.69, 9.17) is 14.5 Å². The van der Waals surface area contributed by atoms with Gasteiger partial charge in [0.25, 0.3) is 0 Å². The van der Waals surface area contributed by atoms with E-state index >= 15 is 0 Å². The molecule has 2 aromatic rings. The molecular formula is C24H36IN5O2. The summed E-state index contributed by atoms with van der Waals surface area (Å²) in [4.78, 5) is 13.9. The first-order valence-corrected chi connectivity index (χ1v) is 11.0. The van der Waals surface area contributed by atoms with Crippen molar-refractivity contribution in [1.82, 2.24) is 20.1 Å². The first-order chi connectivity index (χ1) is 15.1. The fraction of sp³-hybridized carbons (Fsp3) is 0.500. The molecule has 0 unspecified atom stereocenters. The highest BCUT2D eigenvalue weighted by Crippen LogP contribution is 2.25. The van der Waals surface area contributed by atoms with Crippen molar-refractivity contribution in [3.8, 4) is 11.5 Å². The Kier molecular flexibility index (Phi) is 11.0. The lowest BCUT2D eigenvalue weighted by atomic mass is 10.1. The molecule has 0 saturated carbocycles. The van der Waals surface area contributed by atoms with Crippen molar-refractivity contribution in [2.45, 2.75) is 26.8 Å². The molecule has 1 saturated heterocycles. The Morgan fingerprint density at radius 1 is 1.09 bits per heavy atom. The highest BCUT2D eigenvalue weighted by Gasteiger charge is 2.20. The number of pyridine rings is 1. The van der Waals surface area contributed by atoms with Crippen LogP contribution >= 0.6 is 24.0 Å². The summed E-state index contributed by atoms with van der Waals surface area (Å²) in [6, 6.07) is 8.07. The van der Waals surface area contributed by atoms with Gasteiger partial charge in [0.15, 0.2) is 5.96 Å². The molecule has 2 heterocycles. The molecule has 1 aliphatic rings. The molecule has 32 heavy (non-hydrogen) atoms. The standard InChI is InChI=1S/C24H35N5O2.HI/c1-5-26-24(27-11-9-20-8-10-25-17-19(20)2)29-14-12-28(13-15-29)18-21-16-22(30-3)6-7-23(21)31-4;/h6-8,10,16-17H,5,9,11-15,18H2,1-4H3,(H,26,27);1H. The summed E-state index contributed by atoms with van der Waals surface area (Å²) in [5.74, 6) is 2.78. The van der Waals surface area contributed by atoms with Gasteiger partial charge in [-0.3, -0.25) is 14.9 Å². The van der Waals surface area contributed by atoms with Gasteiger partial charge in [0.2, 0.25) is 0 Å². The summed E-state index contributed by atoms with van der Waals surface area (Å²) in [5, 5.41) is 3.46. The molecule has 8 heteroatoms. The number of methoxy groups -OCH3 is 2. The summed E-state index contributed by atoms with van der Waals surface area (Å²) in [7, 11) is 3.41. The minimum atomic E-state index is 0. The molecule has 0 radical (unpaired) electrons. The number of nitrogens with zero attached hydrogens (tertiary/aromatic N) is 4. The van der Waals surface area contributed by atoms with Crippen molar-refractivity contribution < 1.29 is 9.47 Å². The predicted octanol–water partition coefficient (Wildman–Crippen LogP) is 3.35. The summed E-state index contributed by atoms with van der Waals surface area (Å²) in [6.45, 7) is 10.6. The molecule has 1 aromatic heterocycles. The summed E-state index contributed by atoms with van der Waals surface area (Å²) in [6.07, 6.45) is 4.70. The number of hydrogen-bond acceptors (Lipinski definition) is 5. The Morgan fingerprint density at radius 3 is 2.53 bits per heavy atom. The van der Waals surface area contributed by atoms with Crippen LogP contribution in [0, 0.1) is 6.92 Å². The van der Waals surface area contributed by atoms with Crippen molar-refractivity contribution in [2.24, 2.45) is 4.99 Å². The minimum Gasteiger partial charge on any atom is -0.497 e. The van der Waals surface area contributed by atoms with Crippen LogP contribution in [0.4, 0.5) is 0 Å². The molecule has 0 aliphatic carbocycles. The second-order valence-electron chi connectivity index (χ2n) is 7.73. The van der Waals surface area contributed by atoms with Crippen molar-refractivity contribution in [1.29, 1.82) is 0 Å². The number of ether oxygens (including phenoxy) is 2. The van der Waals surface area contributed by atoms with Gasteiger partial charge in [0.05, 0.1) is 14.2 Å². The zero-order chi connectivity index (χ0) is 22.1. The van der Waals surface area contributed by atoms with E-state index in [1.165, 1.54) is 11.1 Å². The number of halogens is 1. The maximum absolute atomic E-state index is 5.54. The second-order valence-corrected chi connectivity index (χ2v) is 7.73. The van der Waals surface area contributed by atoms with Crippen molar-refractivity contribution in [3.05, 3.63) is 53.3 Å². The maximum atomic E-state index is 5.54. The fourth-order valence-electron chi connectivity index (χ4n) is 3.85. The summed E-state index contributed by atoms with van der Waals surface area (Å²) < 4.78 is 10.9. The van der Waals surface area contributed by atoms with E-state index in [-0.39, 0.29) is 24.0 Å². The van der Waals surface area contributed by atoms with E-state index in [9.17, 15) is 0 Å². The van der Waals surface area contributed by atoms with Crippen LogP contribution < -0.4 is 14.8 Å². The lowest BCUT2D eigenvalue weighted by Crippen LogP contribution is -2.52. The maximum Gasteiger partial charge on any atom is 0.194 e. The Labute approximate surface area is 209 Å². The quantitative estimate of drug-likeness (QED) is 0.308. The molecule has 7 nitrogen and oxygen atoms in total. The van der Waals surface area contributed by atoms with Crippen LogP contribution in [-0.4, -0.2) is 74.2 Å². The van der Waals surface area contributed by atoms with Crippen LogP contribution in [-0.2, 0) is 13.0 Å². The Hall–Kier alpha value is -2.07. The Balaban J connectivity index is 0.00000363. The van der Waals surface area contributed by atoms with E-state index < -0.39 is 0 Å². The molecule has 1 fully saturated rings. The number of benzene rings is 1. The summed E-state index contributed by atoms with van der Waals surface area (Å²) in [5.41, 5.74) is 3.69. The number of aromatic nitrogens is 1. The zero-order valence-electron chi connectivity index (χ0n) is 19.6. The van der Waals surface area contributed by atoms with Gasteiger partial charge >= 0.3 is 0 Å². The van der Waals surface area contributed by atoms with E-state index in [1.54, 1.807) is 14.2 Å². The first kappa shape index (κ1) is 26.2. The second kappa shape index (κ2) is 13.5. The third kappa shape index (κ3) is 7.23. The molecular weight excluding hydrogens is 517 g/mol. The Bertz CT molecular complexity index is 869. The number of guanidine groups is 1. The average Bonchev–Trinajstić information content (AvgIpc) is 2.80. The number of nitrogens with one attached hydrogen (secondary N) is 1. The van der Waals surface area contributed by atoms with Gasteiger partial charge in [0, 0.05) is 63.8 Å². The molecule has 3 rings (SSSR count). The van der Waals surface area contributed by atoms with E-state index in [0.29, 0.717) is 0 Å². The van der Waals surface area contributed by atoms with Gasteiger partial charge in [0.1, 0.15) is 11.5 Å². The first-order valence-electron chi connectivity index (χ1n) is 11.0. The van der Waals surface area contributed by atoms with Crippen LogP contribution in [0.2, 0.25) is 0 Å². The van der Waals surface area contributed by atoms with E-state index in [0.717, 1.165) is 75.3 Å². The highest BCUT2D eigenvalue weighted by atomic mass is 127. The van der Waals surface area contributed by atoms with Gasteiger partial charge in [-0.1, -0.05) is 0 Å². The number of piperazine rings is 1. The fourth-order valence-corrected chi connectivity index (χ4v) is 3.85. The minimum absolute atomic E-state index is 0. The Morgan fingerprint density at radius 2 is 1.88 bits per heavy atom. The SMILES string of the molecule is CCNC(=NCCc1ccncc1C)N1CCN(Cc2cc(OC)ccc2OC)CC1.I. The lowest BCUT2D eigenvalue weighted by Gasteiger charge is -2.36. The third-order valence-electron chi connectivity index (χ3n) is 5.67. The molecule has 1 aromatic carbocycles. The topological polar surface area (TPSA) is 62.2 Å². The number of aliphatic imine (C=N–C) groups is 1. The van der Waals surface area contributed by atoms with Crippen LogP contribution in [0.25, 0.3) is 0 Å². The normalized spacial score (nSPS) is 14.6. The van der Waals surface area contributed by atoms with Crippen LogP contribution in [0.5, 0.6) is 11.5 Å². The van der Waals surface area contributed by atoms with Gasteiger partial charge in [-0.15, -0.1) is 24.0 Å². The molecule has 176 valence electrons. The smallest absolute Gasteiger partial charge is 0.194 e. The van der Waals surface area contributed by atoms with Crippen LogP contribution in [0.15, 0.2) is 41.7 Å².